The maximum Gasteiger partial charge on any atom is 0.338 e. The lowest BCUT2D eigenvalue weighted by Gasteiger charge is -2.36. The van der Waals surface area contributed by atoms with Crippen molar-refractivity contribution in [2.24, 2.45) is 5.41 Å². The summed E-state index contributed by atoms with van der Waals surface area (Å²) in [5.74, 6) is -0.904. The van der Waals surface area contributed by atoms with E-state index in [2.05, 4.69) is 19.9 Å². The minimum absolute atomic E-state index is 0.0280. The molecule has 0 aromatic carbocycles. The van der Waals surface area contributed by atoms with Gasteiger partial charge in [-0.3, -0.25) is 4.98 Å². The first kappa shape index (κ1) is 17.2. The molecule has 24 heavy (non-hydrogen) atoms. The number of carboxylic acids is 1. The van der Waals surface area contributed by atoms with Crippen LogP contribution in [0.25, 0.3) is 5.57 Å². The van der Waals surface area contributed by atoms with E-state index >= 15 is 0 Å². The van der Waals surface area contributed by atoms with Crippen molar-refractivity contribution in [3.63, 3.8) is 0 Å². The standard InChI is InChI=1S/C20H27NO3/c1-11(2)18-17(19(23)24)15(12-7-5-6-8-12)16-13(21-18)9-20(3,4)10-14(16)22/h7,11,14,22H,5-6,8-10H2,1-4H3,(H,23,24). The molecule has 0 fully saturated rings. The number of rotatable bonds is 3. The van der Waals surface area contributed by atoms with Gasteiger partial charge in [0.1, 0.15) is 0 Å². The fourth-order valence-corrected chi connectivity index (χ4v) is 4.18. The second-order valence-corrected chi connectivity index (χ2v) is 8.25. The van der Waals surface area contributed by atoms with Crippen LogP contribution < -0.4 is 0 Å². The summed E-state index contributed by atoms with van der Waals surface area (Å²) < 4.78 is 0. The molecule has 1 heterocycles. The van der Waals surface area contributed by atoms with Crippen LogP contribution in [-0.2, 0) is 6.42 Å². The van der Waals surface area contributed by atoms with Crippen LogP contribution in [0.3, 0.4) is 0 Å². The van der Waals surface area contributed by atoms with Crippen LogP contribution in [0.4, 0.5) is 0 Å². The van der Waals surface area contributed by atoms with Crippen LogP contribution in [-0.4, -0.2) is 21.2 Å². The van der Waals surface area contributed by atoms with E-state index in [1.807, 2.05) is 13.8 Å². The summed E-state index contributed by atoms with van der Waals surface area (Å²) in [5, 5.41) is 20.7. The predicted molar refractivity (Wildman–Crippen MR) is 94.2 cm³/mol. The molecule has 2 N–H and O–H groups in total. The second-order valence-electron chi connectivity index (χ2n) is 8.25. The summed E-state index contributed by atoms with van der Waals surface area (Å²) in [6, 6.07) is 0. The van der Waals surface area contributed by atoms with Gasteiger partial charge in [0.2, 0.25) is 0 Å². The average Bonchev–Trinajstić information content (AvgIpc) is 2.97. The highest BCUT2D eigenvalue weighted by Crippen LogP contribution is 2.46. The van der Waals surface area contributed by atoms with E-state index in [0.29, 0.717) is 17.7 Å². The Bertz CT molecular complexity index is 716. The van der Waals surface area contributed by atoms with E-state index in [0.717, 1.165) is 48.1 Å². The van der Waals surface area contributed by atoms with Gasteiger partial charge in [0, 0.05) is 16.8 Å². The van der Waals surface area contributed by atoms with E-state index in [1.165, 1.54) is 0 Å². The van der Waals surface area contributed by atoms with Crippen LogP contribution in [0.15, 0.2) is 6.08 Å². The van der Waals surface area contributed by atoms with E-state index in [1.54, 1.807) is 0 Å². The maximum atomic E-state index is 12.1. The molecule has 0 amide bonds. The van der Waals surface area contributed by atoms with Crippen molar-refractivity contribution in [1.82, 2.24) is 4.98 Å². The molecule has 0 bridgehead atoms. The maximum absolute atomic E-state index is 12.1. The Kier molecular flexibility index (Phi) is 4.28. The van der Waals surface area contributed by atoms with Crippen LogP contribution >= 0.6 is 0 Å². The van der Waals surface area contributed by atoms with E-state index in [4.69, 9.17) is 4.98 Å². The lowest BCUT2D eigenvalue weighted by molar-refractivity contribution is 0.0692. The smallest absolute Gasteiger partial charge is 0.338 e. The van der Waals surface area contributed by atoms with Gasteiger partial charge in [-0.25, -0.2) is 4.79 Å². The number of hydrogen-bond acceptors (Lipinski definition) is 3. The van der Waals surface area contributed by atoms with Crippen molar-refractivity contribution in [2.45, 2.75) is 71.8 Å². The summed E-state index contributed by atoms with van der Waals surface area (Å²) in [5.41, 5.74) is 4.41. The van der Waals surface area contributed by atoms with Crippen molar-refractivity contribution in [1.29, 1.82) is 0 Å². The SMILES string of the molecule is CC(C)c1nc2c(c(C3=CCCC3)c1C(=O)O)C(O)CC(C)(C)C2. The topological polar surface area (TPSA) is 70.4 Å². The zero-order chi connectivity index (χ0) is 17.6. The van der Waals surface area contributed by atoms with Crippen LogP contribution in [0, 0.1) is 5.41 Å². The van der Waals surface area contributed by atoms with Gasteiger partial charge >= 0.3 is 5.97 Å². The molecule has 3 rings (SSSR count). The number of carbonyl (C=O) groups is 1. The summed E-state index contributed by atoms with van der Waals surface area (Å²) >= 11 is 0. The Balaban J connectivity index is 2.35. The zero-order valence-corrected chi connectivity index (χ0v) is 15.0. The van der Waals surface area contributed by atoms with Gasteiger partial charge in [-0.05, 0) is 49.0 Å². The Labute approximate surface area is 143 Å². The fourth-order valence-electron chi connectivity index (χ4n) is 4.18. The number of pyridine rings is 1. The highest BCUT2D eigenvalue weighted by molar-refractivity contribution is 5.97. The van der Waals surface area contributed by atoms with Crippen molar-refractivity contribution in [2.75, 3.05) is 0 Å². The number of allylic oxidation sites excluding steroid dienone is 2. The molecule has 0 saturated carbocycles. The van der Waals surface area contributed by atoms with Crippen LogP contribution in [0.2, 0.25) is 0 Å². The fraction of sp³-hybridized carbons (Fsp3) is 0.600. The molecular weight excluding hydrogens is 302 g/mol. The van der Waals surface area contributed by atoms with E-state index < -0.39 is 12.1 Å². The summed E-state index contributed by atoms with van der Waals surface area (Å²) in [6.45, 7) is 8.24. The highest BCUT2D eigenvalue weighted by Gasteiger charge is 2.38. The first-order chi connectivity index (χ1) is 11.2. The number of aromatic nitrogens is 1. The monoisotopic (exact) mass is 329 g/mol. The molecule has 1 aromatic rings. The third kappa shape index (κ3) is 2.88. The van der Waals surface area contributed by atoms with Gasteiger partial charge in [-0.1, -0.05) is 33.8 Å². The molecule has 1 unspecified atom stereocenters. The second kappa shape index (κ2) is 5.99. The number of fused-ring (bicyclic) bond motifs is 1. The predicted octanol–water partition coefficient (Wildman–Crippen LogP) is 4.48. The molecule has 0 spiro atoms. The molecule has 130 valence electrons. The van der Waals surface area contributed by atoms with Crippen molar-refractivity contribution in [3.05, 3.63) is 34.2 Å². The normalized spacial score (nSPS) is 22.4. The zero-order valence-electron chi connectivity index (χ0n) is 15.0. The van der Waals surface area contributed by atoms with Crippen LogP contribution in [0.1, 0.15) is 98.3 Å². The summed E-state index contributed by atoms with van der Waals surface area (Å²) in [4.78, 5) is 16.8. The third-order valence-corrected chi connectivity index (χ3v) is 5.19. The summed E-state index contributed by atoms with van der Waals surface area (Å²) in [6.07, 6.45) is 5.81. The molecule has 1 atom stereocenters. The number of hydrogen-bond donors (Lipinski definition) is 2. The Morgan fingerprint density at radius 1 is 1.38 bits per heavy atom. The molecule has 1 aromatic heterocycles. The van der Waals surface area contributed by atoms with Gasteiger partial charge in [0.15, 0.2) is 0 Å². The summed E-state index contributed by atoms with van der Waals surface area (Å²) in [7, 11) is 0. The average molecular weight is 329 g/mol. The highest BCUT2D eigenvalue weighted by atomic mass is 16.4. The van der Waals surface area contributed by atoms with Gasteiger partial charge in [0.05, 0.1) is 17.4 Å². The Morgan fingerprint density at radius 2 is 2.08 bits per heavy atom. The van der Waals surface area contributed by atoms with Crippen molar-refractivity contribution < 1.29 is 15.0 Å². The minimum Gasteiger partial charge on any atom is -0.478 e. The Morgan fingerprint density at radius 3 is 2.62 bits per heavy atom. The van der Waals surface area contributed by atoms with E-state index in [-0.39, 0.29) is 11.3 Å². The van der Waals surface area contributed by atoms with Gasteiger partial charge in [-0.2, -0.15) is 0 Å². The first-order valence-electron chi connectivity index (χ1n) is 8.88. The quantitative estimate of drug-likeness (QED) is 0.858. The Hall–Kier alpha value is -1.68. The number of aliphatic hydroxyl groups is 1. The van der Waals surface area contributed by atoms with E-state index in [9.17, 15) is 15.0 Å². The number of aliphatic hydroxyl groups excluding tert-OH is 1. The molecule has 0 aliphatic heterocycles. The van der Waals surface area contributed by atoms with Gasteiger partial charge in [-0.15, -0.1) is 0 Å². The lowest BCUT2D eigenvalue weighted by atomic mass is 9.72. The number of aromatic carboxylic acids is 1. The van der Waals surface area contributed by atoms with Crippen molar-refractivity contribution in [3.8, 4) is 0 Å². The van der Waals surface area contributed by atoms with Gasteiger partial charge in [0.25, 0.3) is 0 Å². The molecule has 2 aliphatic rings. The molecule has 0 radical (unpaired) electrons. The number of nitrogens with zero attached hydrogens (tertiary/aromatic N) is 1. The van der Waals surface area contributed by atoms with Crippen LogP contribution in [0.5, 0.6) is 0 Å². The van der Waals surface area contributed by atoms with Crippen molar-refractivity contribution >= 4 is 11.5 Å². The minimum atomic E-state index is -0.936. The largest absolute Gasteiger partial charge is 0.478 e. The van der Waals surface area contributed by atoms with Gasteiger partial charge < -0.3 is 10.2 Å². The molecule has 2 aliphatic carbocycles. The molecule has 0 saturated heterocycles. The third-order valence-electron chi connectivity index (χ3n) is 5.19. The first-order valence-corrected chi connectivity index (χ1v) is 8.88. The molecular formula is C20H27NO3. The molecule has 4 heteroatoms. The lowest BCUT2D eigenvalue weighted by Crippen LogP contribution is -2.29. The number of carboxylic acid groups (broad SMARTS) is 1. The molecule has 4 nitrogen and oxygen atoms in total.